The molecule has 2 atom stereocenters. The Morgan fingerprint density at radius 2 is 1.75 bits per heavy atom. The third-order valence-corrected chi connectivity index (χ3v) is 4.55. The van der Waals surface area contributed by atoms with Crippen LogP contribution in [0.2, 0.25) is 0 Å². The molecule has 0 radical (unpaired) electrons. The van der Waals surface area contributed by atoms with Gasteiger partial charge >= 0.3 is 5.97 Å². The molecule has 2 aromatic carbocycles. The Kier molecular flexibility index (Phi) is 5.24. The number of carbonyl (C=O) groups is 1. The summed E-state index contributed by atoms with van der Waals surface area (Å²) >= 11 is 0. The molecule has 1 heterocycles. The maximum atomic E-state index is 12.7. The Hall–Kier alpha value is -3.90. The third-order valence-electron chi connectivity index (χ3n) is 4.55. The van der Waals surface area contributed by atoms with Crippen LogP contribution in [0.1, 0.15) is 18.1 Å². The summed E-state index contributed by atoms with van der Waals surface area (Å²) in [5.74, 6) is -2.56. The number of esters is 1. The van der Waals surface area contributed by atoms with Gasteiger partial charge in [-0.1, -0.05) is 60.7 Å². The van der Waals surface area contributed by atoms with Crippen LogP contribution in [0.15, 0.2) is 66.2 Å². The number of hydrogen-bond acceptors (Lipinski definition) is 6. The lowest BCUT2D eigenvalue weighted by atomic mass is 9.73. The second-order valence-corrected chi connectivity index (χ2v) is 6.07. The van der Waals surface area contributed by atoms with Crippen LogP contribution < -0.4 is 0 Å². The lowest BCUT2D eigenvalue weighted by Crippen LogP contribution is -2.42. The second kappa shape index (κ2) is 7.77. The summed E-state index contributed by atoms with van der Waals surface area (Å²) in [5.41, 5.74) is -0.282. The Morgan fingerprint density at radius 1 is 1.14 bits per heavy atom. The van der Waals surface area contributed by atoms with Crippen molar-refractivity contribution in [3.63, 3.8) is 0 Å². The van der Waals surface area contributed by atoms with Crippen molar-refractivity contribution >= 4 is 17.4 Å². The molecule has 0 spiro atoms. The van der Waals surface area contributed by atoms with Gasteiger partial charge in [0, 0.05) is 11.1 Å². The van der Waals surface area contributed by atoms with E-state index in [2.05, 4.69) is 0 Å². The lowest BCUT2D eigenvalue weighted by molar-refractivity contribution is -0.151. The van der Waals surface area contributed by atoms with Gasteiger partial charge in [0.05, 0.1) is 12.7 Å². The first-order valence-electron chi connectivity index (χ1n) is 8.70. The molecule has 0 aliphatic carbocycles. The fourth-order valence-corrected chi connectivity index (χ4v) is 3.43. The first kappa shape index (κ1) is 18.9. The molecule has 0 saturated carbocycles. The quantitative estimate of drug-likeness (QED) is 0.809. The molecular weight excluding hydrogens is 354 g/mol. The Labute approximate surface area is 162 Å². The van der Waals surface area contributed by atoms with E-state index in [1.54, 1.807) is 61.5 Å². The van der Waals surface area contributed by atoms with Gasteiger partial charge in [-0.3, -0.25) is 10.2 Å². The number of nitriles is 2. The SMILES string of the molecule is CCOC(=O)C(C#N)C1(c2ccccc2)OC(=N)C(C#N)=C1c1ccccc1. The van der Waals surface area contributed by atoms with Crippen molar-refractivity contribution < 1.29 is 14.3 Å². The first-order chi connectivity index (χ1) is 13.6. The van der Waals surface area contributed by atoms with Gasteiger partial charge in [0.1, 0.15) is 11.6 Å². The Balaban J connectivity index is 2.38. The van der Waals surface area contributed by atoms with Gasteiger partial charge in [0.25, 0.3) is 0 Å². The standard InChI is InChI=1S/C22H17N3O3/c1-2-27-21(26)18(14-24)22(16-11-7-4-8-12-16)19(15-9-5-3-6-10-15)17(13-23)20(25)28-22/h3-12,18,25H,2H2,1H3. The fraction of sp³-hybridized carbons (Fsp3) is 0.182. The summed E-state index contributed by atoms with van der Waals surface area (Å²) in [4.78, 5) is 12.7. The van der Waals surface area contributed by atoms with Crippen LogP contribution in [-0.2, 0) is 19.9 Å². The van der Waals surface area contributed by atoms with E-state index in [1.807, 2.05) is 18.2 Å². The van der Waals surface area contributed by atoms with Crippen LogP contribution in [0.3, 0.4) is 0 Å². The molecule has 1 aliphatic heterocycles. The maximum Gasteiger partial charge on any atom is 0.328 e. The van der Waals surface area contributed by atoms with Crippen LogP contribution in [0.25, 0.3) is 5.57 Å². The summed E-state index contributed by atoms with van der Waals surface area (Å²) < 4.78 is 11.0. The van der Waals surface area contributed by atoms with Crippen molar-refractivity contribution in [2.75, 3.05) is 6.61 Å². The monoisotopic (exact) mass is 371 g/mol. The highest BCUT2D eigenvalue weighted by Crippen LogP contribution is 2.51. The number of rotatable bonds is 5. The van der Waals surface area contributed by atoms with E-state index in [9.17, 15) is 15.3 Å². The molecule has 6 nitrogen and oxygen atoms in total. The van der Waals surface area contributed by atoms with E-state index >= 15 is 0 Å². The highest BCUT2D eigenvalue weighted by molar-refractivity contribution is 6.10. The third kappa shape index (κ3) is 2.91. The smallest absolute Gasteiger partial charge is 0.328 e. The van der Waals surface area contributed by atoms with Crippen LogP contribution in [0.5, 0.6) is 0 Å². The Morgan fingerprint density at radius 3 is 2.29 bits per heavy atom. The summed E-state index contributed by atoms with van der Waals surface area (Å²) in [5, 5.41) is 27.9. The predicted molar refractivity (Wildman–Crippen MR) is 102 cm³/mol. The predicted octanol–water partition coefficient (Wildman–Crippen LogP) is 3.57. The van der Waals surface area contributed by atoms with Gasteiger partial charge in [-0.05, 0) is 12.5 Å². The van der Waals surface area contributed by atoms with E-state index in [4.69, 9.17) is 14.9 Å². The zero-order chi connectivity index (χ0) is 20.1. The molecule has 1 N–H and O–H groups in total. The molecule has 0 fully saturated rings. The van der Waals surface area contributed by atoms with Gasteiger partial charge in [-0.15, -0.1) is 0 Å². The van der Waals surface area contributed by atoms with Gasteiger partial charge in [-0.25, -0.2) is 0 Å². The summed E-state index contributed by atoms with van der Waals surface area (Å²) in [6.07, 6.45) is 0. The van der Waals surface area contributed by atoms with E-state index in [0.717, 1.165) is 0 Å². The zero-order valence-electron chi connectivity index (χ0n) is 15.2. The molecular formula is C22H17N3O3. The minimum atomic E-state index is -1.66. The van der Waals surface area contributed by atoms with Crippen molar-refractivity contribution in [1.82, 2.24) is 0 Å². The molecule has 0 amide bonds. The van der Waals surface area contributed by atoms with Gasteiger partial charge in [0.2, 0.25) is 5.90 Å². The van der Waals surface area contributed by atoms with Crippen LogP contribution in [-0.4, -0.2) is 18.5 Å². The largest absolute Gasteiger partial charge is 0.465 e. The van der Waals surface area contributed by atoms with Gasteiger partial charge < -0.3 is 9.47 Å². The van der Waals surface area contributed by atoms with Crippen molar-refractivity contribution in [3.05, 3.63) is 77.4 Å². The van der Waals surface area contributed by atoms with Crippen LogP contribution in [0, 0.1) is 34.0 Å². The molecule has 0 bridgehead atoms. The van der Waals surface area contributed by atoms with Crippen molar-refractivity contribution in [2.24, 2.45) is 5.92 Å². The molecule has 2 unspecified atom stereocenters. The molecule has 0 aromatic heterocycles. The molecule has 0 saturated heterocycles. The first-order valence-corrected chi connectivity index (χ1v) is 8.70. The summed E-state index contributed by atoms with van der Waals surface area (Å²) in [6.45, 7) is 1.74. The summed E-state index contributed by atoms with van der Waals surface area (Å²) in [7, 11) is 0. The summed E-state index contributed by atoms with van der Waals surface area (Å²) in [6, 6.07) is 21.6. The number of benzene rings is 2. The van der Waals surface area contributed by atoms with Crippen molar-refractivity contribution in [1.29, 1.82) is 15.9 Å². The fourth-order valence-electron chi connectivity index (χ4n) is 3.43. The normalized spacial score (nSPS) is 19.3. The number of carbonyl (C=O) groups excluding carboxylic acids is 1. The molecule has 1 aliphatic rings. The lowest BCUT2D eigenvalue weighted by Gasteiger charge is -2.34. The number of ether oxygens (including phenoxy) is 2. The van der Waals surface area contributed by atoms with Crippen molar-refractivity contribution in [3.8, 4) is 12.1 Å². The number of nitrogens with zero attached hydrogens (tertiary/aromatic N) is 2. The average Bonchev–Trinajstić information content (AvgIpc) is 3.03. The maximum absolute atomic E-state index is 12.7. The average molecular weight is 371 g/mol. The topological polar surface area (TPSA) is 107 Å². The van der Waals surface area contributed by atoms with Crippen LogP contribution in [0.4, 0.5) is 0 Å². The van der Waals surface area contributed by atoms with E-state index in [1.165, 1.54) is 0 Å². The van der Waals surface area contributed by atoms with Crippen molar-refractivity contribution in [2.45, 2.75) is 12.5 Å². The van der Waals surface area contributed by atoms with E-state index in [0.29, 0.717) is 16.7 Å². The van der Waals surface area contributed by atoms with Crippen LogP contribution >= 0.6 is 0 Å². The highest BCUT2D eigenvalue weighted by atomic mass is 16.5. The molecule has 28 heavy (non-hydrogen) atoms. The second-order valence-electron chi connectivity index (χ2n) is 6.07. The van der Waals surface area contributed by atoms with Gasteiger partial charge in [-0.2, -0.15) is 10.5 Å². The minimum Gasteiger partial charge on any atom is -0.465 e. The minimum absolute atomic E-state index is 0.0143. The van der Waals surface area contributed by atoms with Gasteiger partial charge in [0.15, 0.2) is 11.5 Å². The molecule has 3 rings (SSSR count). The zero-order valence-corrected chi connectivity index (χ0v) is 15.2. The molecule has 138 valence electrons. The number of hydrogen-bond donors (Lipinski definition) is 1. The van der Waals surface area contributed by atoms with E-state index < -0.39 is 17.5 Å². The highest BCUT2D eigenvalue weighted by Gasteiger charge is 2.57. The number of nitrogens with one attached hydrogen (secondary N) is 1. The molecule has 2 aromatic rings. The van der Waals surface area contributed by atoms with E-state index in [-0.39, 0.29) is 18.1 Å². The Bertz CT molecular complexity index is 1020. The molecule has 6 heteroatoms.